The van der Waals surface area contributed by atoms with E-state index in [1.807, 2.05) is 12.1 Å². The number of benzene rings is 1. The molecule has 1 aromatic rings. The van der Waals surface area contributed by atoms with Gasteiger partial charge in [-0.1, -0.05) is 30.3 Å². The first kappa shape index (κ1) is 20.2. The zero-order chi connectivity index (χ0) is 19.6. The van der Waals surface area contributed by atoms with Crippen molar-refractivity contribution in [3.8, 4) is 0 Å². The number of nitrogens with zero attached hydrogens (tertiary/aromatic N) is 2. The van der Waals surface area contributed by atoms with Crippen LogP contribution in [0.2, 0.25) is 0 Å². The SMILES string of the molecule is CC1=NN(C(=O)CCCc2ccccc2)[C@@](O)(C(F)(F)OC(F)(F)F)C1. The van der Waals surface area contributed by atoms with Crippen LogP contribution in [-0.4, -0.2) is 39.9 Å². The highest BCUT2D eigenvalue weighted by molar-refractivity contribution is 5.89. The van der Waals surface area contributed by atoms with E-state index in [0.717, 1.165) is 5.56 Å². The summed E-state index contributed by atoms with van der Waals surface area (Å²) in [4.78, 5) is 12.2. The summed E-state index contributed by atoms with van der Waals surface area (Å²) in [6, 6.07) is 9.01. The van der Waals surface area contributed by atoms with Crippen molar-refractivity contribution in [2.45, 2.75) is 50.8 Å². The molecule has 1 aliphatic heterocycles. The summed E-state index contributed by atoms with van der Waals surface area (Å²) in [5.74, 6) is -1.02. The van der Waals surface area contributed by atoms with Crippen molar-refractivity contribution >= 4 is 11.6 Å². The van der Waals surface area contributed by atoms with Gasteiger partial charge in [0.2, 0.25) is 5.91 Å². The minimum Gasteiger partial charge on any atom is -0.362 e. The van der Waals surface area contributed by atoms with E-state index in [1.165, 1.54) is 6.92 Å². The van der Waals surface area contributed by atoms with Crippen molar-refractivity contribution in [3.63, 3.8) is 0 Å². The van der Waals surface area contributed by atoms with Gasteiger partial charge < -0.3 is 5.11 Å². The van der Waals surface area contributed by atoms with Crippen molar-refractivity contribution < 1.29 is 36.6 Å². The first-order valence-corrected chi connectivity index (χ1v) is 7.73. The molecular weight excluding hydrogens is 363 g/mol. The Morgan fingerprint density at radius 3 is 2.46 bits per heavy atom. The number of aryl methyl sites for hydroxylation is 1. The second-order valence-corrected chi connectivity index (χ2v) is 5.94. The van der Waals surface area contributed by atoms with Crippen molar-refractivity contribution in [3.05, 3.63) is 35.9 Å². The van der Waals surface area contributed by atoms with E-state index in [9.17, 15) is 31.9 Å². The molecule has 0 aromatic heterocycles. The Kier molecular flexibility index (Phi) is 5.67. The quantitative estimate of drug-likeness (QED) is 0.769. The molecule has 1 N–H and O–H groups in total. The number of amides is 1. The smallest absolute Gasteiger partial charge is 0.362 e. The third-order valence-corrected chi connectivity index (χ3v) is 3.77. The fourth-order valence-electron chi connectivity index (χ4n) is 2.63. The number of ether oxygens (including phenoxy) is 1. The predicted molar refractivity (Wildman–Crippen MR) is 81.0 cm³/mol. The van der Waals surface area contributed by atoms with E-state index in [2.05, 4.69) is 9.84 Å². The standard InChI is InChI=1S/C16H17F5N2O3/c1-11-10-14(25,15(17,18)26-16(19,20)21)23(22-11)13(24)9-5-8-12-6-3-2-4-7-12/h2-4,6-7,25H,5,8-10H2,1H3/t14-/m0/s1. The molecule has 0 saturated heterocycles. The van der Waals surface area contributed by atoms with Gasteiger partial charge in [0.1, 0.15) is 0 Å². The zero-order valence-electron chi connectivity index (χ0n) is 13.8. The summed E-state index contributed by atoms with van der Waals surface area (Å²) in [5, 5.41) is 13.6. The Hall–Kier alpha value is -2.07. The van der Waals surface area contributed by atoms with E-state index >= 15 is 0 Å². The van der Waals surface area contributed by atoms with Gasteiger partial charge in [-0.3, -0.25) is 4.79 Å². The Morgan fingerprint density at radius 1 is 1.27 bits per heavy atom. The lowest BCUT2D eigenvalue weighted by molar-refractivity contribution is -0.469. The molecule has 0 bridgehead atoms. The highest BCUT2D eigenvalue weighted by Gasteiger charge is 2.66. The first-order valence-electron chi connectivity index (χ1n) is 7.73. The molecule has 1 heterocycles. The lowest BCUT2D eigenvalue weighted by atomic mass is 10.0. The van der Waals surface area contributed by atoms with Gasteiger partial charge in [0.15, 0.2) is 0 Å². The van der Waals surface area contributed by atoms with E-state index in [-0.39, 0.29) is 23.6 Å². The van der Waals surface area contributed by atoms with E-state index in [4.69, 9.17) is 0 Å². The monoisotopic (exact) mass is 380 g/mol. The number of hydrazone groups is 1. The van der Waals surface area contributed by atoms with E-state index in [0.29, 0.717) is 6.42 Å². The number of rotatable bonds is 6. The van der Waals surface area contributed by atoms with Crippen LogP contribution in [0.1, 0.15) is 31.7 Å². The Balaban J connectivity index is 2.08. The Labute approximate surface area is 146 Å². The number of carbonyl (C=O) groups excluding carboxylic acids is 1. The Morgan fingerprint density at radius 2 is 1.88 bits per heavy atom. The maximum Gasteiger partial charge on any atom is 0.527 e. The largest absolute Gasteiger partial charge is 0.527 e. The normalized spacial score (nSPS) is 21.0. The van der Waals surface area contributed by atoms with Crippen LogP contribution in [0.15, 0.2) is 35.4 Å². The summed E-state index contributed by atoms with van der Waals surface area (Å²) in [6.45, 7) is 1.21. The average Bonchev–Trinajstić information content (AvgIpc) is 2.82. The molecule has 1 atom stereocenters. The van der Waals surface area contributed by atoms with Crippen molar-refractivity contribution in [2.75, 3.05) is 0 Å². The van der Waals surface area contributed by atoms with Gasteiger partial charge in [-0.25, -0.2) is 4.74 Å². The van der Waals surface area contributed by atoms with Crippen molar-refractivity contribution in [2.24, 2.45) is 5.10 Å². The van der Waals surface area contributed by atoms with Crippen LogP contribution < -0.4 is 0 Å². The molecule has 1 aliphatic rings. The van der Waals surface area contributed by atoms with Crippen LogP contribution in [0.3, 0.4) is 0 Å². The van der Waals surface area contributed by atoms with Gasteiger partial charge in [0, 0.05) is 18.6 Å². The lowest BCUT2D eigenvalue weighted by Crippen LogP contribution is -2.61. The molecule has 5 nitrogen and oxygen atoms in total. The summed E-state index contributed by atoms with van der Waals surface area (Å²) < 4.78 is 67.3. The molecule has 0 aliphatic carbocycles. The molecule has 1 amide bonds. The summed E-state index contributed by atoms with van der Waals surface area (Å²) in [5.41, 5.74) is -2.74. The number of halogens is 5. The molecule has 1 aromatic carbocycles. The summed E-state index contributed by atoms with van der Waals surface area (Å²) >= 11 is 0. The second kappa shape index (κ2) is 7.28. The van der Waals surface area contributed by atoms with Crippen LogP contribution in [0, 0.1) is 0 Å². The fraction of sp³-hybridized carbons (Fsp3) is 0.500. The topological polar surface area (TPSA) is 62.1 Å². The maximum absolute atomic E-state index is 13.9. The minimum atomic E-state index is -5.70. The molecule has 0 radical (unpaired) electrons. The third kappa shape index (κ3) is 4.55. The number of hydrogen-bond acceptors (Lipinski definition) is 4. The Bertz CT molecular complexity index is 678. The molecule has 26 heavy (non-hydrogen) atoms. The van der Waals surface area contributed by atoms with E-state index < -0.39 is 30.5 Å². The fourth-order valence-corrected chi connectivity index (χ4v) is 2.63. The molecule has 10 heteroatoms. The first-order chi connectivity index (χ1) is 11.9. The number of alkyl halides is 5. The van der Waals surface area contributed by atoms with E-state index in [1.54, 1.807) is 18.2 Å². The predicted octanol–water partition coefficient (Wildman–Crippen LogP) is 3.44. The summed E-state index contributed by atoms with van der Waals surface area (Å²) in [7, 11) is 0. The lowest BCUT2D eigenvalue weighted by Gasteiger charge is -2.36. The highest BCUT2D eigenvalue weighted by atomic mass is 19.4. The summed E-state index contributed by atoms with van der Waals surface area (Å²) in [6.07, 6.45) is -11.3. The molecule has 144 valence electrons. The second-order valence-electron chi connectivity index (χ2n) is 5.94. The van der Waals surface area contributed by atoms with Crippen LogP contribution in [0.5, 0.6) is 0 Å². The number of carbonyl (C=O) groups is 1. The molecular formula is C16H17F5N2O3. The minimum absolute atomic E-state index is 0.000926. The van der Waals surface area contributed by atoms with Crippen molar-refractivity contribution in [1.29, 1.82) is 0 Å². The zero-order valence-corrected chi connectivity index (χ0v) is 13.8. The highest BCUT2D eigenvalue weighted by Crippen LogP contribution is 2.43. The van der Waals surface area contributed by atoms with Gasteiger partial charge in [-0.15, -0.1) is 13.2 Å². The maximum atomic E-state index is 13.9. The van der Waals surface area contributed by atoms with Crippen molar-refractivity contribution in [1.82, 2.24) is 5.01 Å². The van der Waals surface area contributed by atoms with Gasteiger partial charge in [0.25, 0.3) is 5.72 Å². The number of hydrogen-bond donors (Lipinski definition) is 1. The third-order valence-electron chi connectivity index (χ3n) is 3.77. The molecule has 0 unspecified atom stereocenters. The van der Waals surface area contributed by atoms with Gasteiger partial charge in [-0.05, 0) is 25.3 Å². The molecule has 0 spiro atoms. The van der Waals surface area contributed by atoms with Gasteiger partial charge in [-0.2, -0.15) is 18.9 Å². The van der Waals surface area contributed by atoms with Crippen LogP contribution in [-0.2, 0) is 16.0 Å². The number of aliphatic hydroxyl groups is 1. The van der Waals surface area contributed by atoms with Gasteiger partial charge >= 0.3 is 12.5 Å². The van der Waals surface area contributed by atoms with Gasteiger partial charge in [0.05, 0.1) is 0 Å². The molecule has 0 saturated carbocycles. The molecule has 0 fully saturated rings. The van der Waals surface area contributed by atoms with Crippen LogP contribution in [0.4, 0.5) is 22.0 Å². The van der Waals surface area contributed by atoms with Crippen LogP contribution >= 0.6 is 0 Å². The molecule has 2 rings (SSSR count). The van der Waals surface area contributed by atoms with Crippen LogP contribution in [0.25, 0.3) is 0 Å². The average molecular weight is 380 g/mol.